The first kappa shape index (κ1) is 14.2. The summed E-state index contributed by atoms with van der Waals surface area (Å²) in [6.07, 6.45) is -1.99. The van der Waals surface area contributed by atoms with Crippen molar-refractivity contribution in [2.75, 3.05) is 13.1 Å². The van der Waals surface area contributed by atoms with Crippen molar-refractivity contribution in [3.63, 3.8) is 0 Å². The van der Waals surface area contributed by atoms with Crippen LogP contribution < -0.4 is 4.74 Å². The number of aryl methyl sites for hydroxylation is 1. The molecule has 0 atom stereocenters. The highest BCUT2D eigenvalue weighted by Crippen LogP contribution is 2.49. The van der Waals surface area contributed by atoms with E-state index in [1.165, 1.54) is 13.0 Å². The van der Waals surface area contributed by atoms with Crippen molar-refractivity contribution in [1.82, 2.24) is 4.90 Å². The molecule has 0 aromatic heterocycles. The molecule has 1 amide bonds. The van der Waals surface area contributed by atoms with Crippen LogP contribution in [0.5, 0.6) is 5.75 Å². The maximum atomic E-state index is 12.8. The van der Waals surface area contributed by atoms with Crippen LogP contribution in [0, 0.1) is 12.3 Å². The lowest BCUT2D eigenvalue weighted by molar-refractivity contribution is -0.147. The number of nitrogens with zero attached hydrogens (tertiary/aromatic N) is 1. The van der Waals surface area contributed by atoms with Gasteiger partial charge in [-0.1, -0.05) is 6.07 Å². The maximum absolute atomic E-state index is 12.8. The van der Waals surface area contributed by atoms with Crippen LogP contribution in [-0.2, 0) is 11.0 Å². The number of likely N-dealkylation sites (tertiary alicyclic amines) is 1. The van der Waals surface area contributed by atoms with Crippen molar-refractivity contribution < 1.29 is 22.7 Å². The molecular weight excluding hydrogens is 283 g/mol. The molecule has 0 N–H and O–H groups in total. The predicted molar refractivity (Wildman–Crippen MR) is 69.9 cm³/mol. The Kier molecular flexibility index (Phi) is 3.15. The van der Waals surface area contributed by atoms with Crippen molar-refractivity contribution >= 4 is 6.41 Å². The highest BCUT2D eigenvalue weighted by atomic mass is 19.4. The first-order valence-corrected chi connectivity index (χ1v) is 6.85. The lowest BCUT2D eigenvalue weighted by Gasteiger charge is -2.57. The zero-order chi connectivity index (χ0) is 15.3. The zero-order valence-corrected chi connectivity index (χ0v) is 11.6. The zero-order valence-electron chi connectivity index (χ0n) is 11.6. The molecule has 0 radical (unpaired) electrons. The summed E-state index contributed by atoms with van der Waals surface area (Å²) in [7, 11) is 0. The molecule has 2 fully saturated rings. The summed E-state index contributed by atoms with van der Waals surface area (Å²) in [5.41, 5.74) is -0.311. The van der Waals surface area contributed by atoms with Gasteiger partial charge in [-0.15, -0.1) is 0 Å². The third kappa shape index (κ3) is 2.59. The van der Waals surface area contributed by atoms with Crippen LogP contribution in [-0.4, -0.2) is 30.5 Å². The summed E-state index contributed by atoms with van der Waals surface area (Å²) in [6.45, 7) is 2.91. The van der Waals surface area contributed by atoms with E-state index in [0.717, 1.165) is 38.4 Å². The summed E-state index contributed by atoms with van der Waals surface area (Å²) in [6, 6.07) is 4.08. The number of rotatable bonds is 3. The lowest BCUT2D eigenvalue weighted by Crippen LogP contribution is -2.64. The molecule has 1 heterocycles. The van der Waals surface area contributed by atoms with E-state index in [1.54, 1.807) is 11.0 Å². The highest BCUT2D eigenvalue weighted by molar-refractivity contribution is 5.49. The van der Waals surface area contributed by atoms with Gasteiger partial charge in [-0.25, -0.2) is 0 Å². The van der Waals surface area contributed by atoms with E-state index in [1.807, 2.05) is 0 Å². The molecule has 1 aliphatic heterocycles. The number of carbonyl (C=O) groups excluding carboxylic acids is 1. The molecule has 21 heavy (non-hydrogen) atoms. The van der Waals surface area contributed by atoms with E-state index in [2.05, 4.69) is 0 Å². The van der Waals surface area contributed by atoms with E-state index in [-0.39, 0.29) is 22.8 Å². The molecule has 3 nitrogen and oxygen atoms in total. The van der Waals surface area contributed by atoms with Crippen molar-refractivity contribution in [3.05, 3.63) is 29.3 Å². The number of ether oxygens (including phenoxy) is 1. The number of alkyl halides is 3. The smallest absolute Gasteiger partial charge is 0.416 e. The molecule has 1 saturated heterocycles. The predicted octanol–water partition coefficient (Wildman–Crippen LogP) is 3.01. The van der Waals surface area contributed by atoms with Gasteiger partial charge in [0.25, 0.3) is 0 Å². The Hall–Kier alpha value is -1.72. The van der Waals surface area contributed by atoms with Crippen molar-refractivity contribution in [2.24, 2.45) is 5.41 Å². The Morgan fingerprint density at radius 3 is 2.57 bits per heavy atom. The summed E-state index contributed by atoms with van der Waals surface area (Å²) in [4.78, 5) is 12.2. The third-order valence-electron chi connectivity index (χ3n) is 4.36. The van der Waals surface area contributed by atoms with Crippen LogP contribution in [0.2, 0.25) is 0 Å². The fourth-order valence-corrected chi connectivity index (χ4v) is 3.31. The molecule has 1 spiro atoms. The first-order chi connectivity index (χ1) is 9.81. The topological polar surface area (TPSA) is 29.5 Å². The second-order valence-corrected chi connectivity index (χ2v) is 6.13. The third-order valence-corrected chi connectivity index (χ3v) is 4.36. The summed E-state index contributed by atoms with van der Waals surface area (Å²) in [5, 5.41) is 0. The van der Waals surface area contributed by atoms with E-state index in [9.17, 15) is 18.0 Å². The van der Waals surface area contributed by atoms with Crippen LogP contribution >= 0.6 is 0 Å². The fraction of sp³-hybridized carbons (Fsp3) is 0.533. The minimum absolute atomic E-state index is 0.0532. The van der Waals surface area contributed by atoms with Crippen LogP contribution in [0.3, 0.4) is 0 Å². The quantitative estimate of drug-likeness (QED) is 0.803. The summed E-state index contributed by atoms with van der Waals surface area (Å²) < 4.78 is 44.1. The second-order valence-electron chi connectivity index (χ2n) is 6.13. The number of benzene rings is 1. The molecule has 6 heteroatoms. The molecule has 2 aliphatic rings. The summed E-state index contributed by atoms with van der Waals surface area (Å²) in [5.74, 6) is 0.263. The molecule has 1 aromatic carbocycles. The molecule has 114 valence electrons. The van der Waals surface area contributed by atoms with Gasteiger partial charge in [-0.3, -0.25) is 4.79 Å². The van der Waals surface area contributed by atoms with Gasteiger partial charge in [0.15, 0.2) is 0 Å². The van der Waals surface area contributed by atoms with E-state index in [4.69, 9.17) is 4.74 Å². The van der Waals surface area contributed by atoms with Gasteiger partial charge < -0.3 is 9.64 Å². The molecule has 1 saturated carbocycles. The number of amides is 1. The number of hydrogen-bond acceptors (Lipinski definition) is 2. The largest absolute Gasteiger partial charge is 0.490 e. The van der Waals surface area contributed by atoms with Gasteiger partial charge in [-0.05, 0) is 37.5 Å². The molecular formula is C15H16F3NO2. The van der Waals surface area contributed by atoms with Gasteiger partial charge in [0.05, 0.1) is 5.56 Å². The van der Waals surface area contributed by atoms with Gasteiger partial charge in [0.2, 0.25) is 6.41 Å². The van der Waals surface area contributed by atoms with E-state index >= 15 is 0 Å². The fourth-order valence-electron chi connectivity index (χ4n) is 3.31. The van der Waals surface area contributed by atoms with Gasteiger partial charge in [0, 0.05) is 18.5 Å². The van der Waals surface area contributed by atoms with E-state index < -0.39 is 11.7 Å². The molecule has 0 bridgehead atoms. The second kappa shape index (κ2) is 4.64. The van der Waals surface area contributed by atoms with Gasteiger partial charge in [-0.2, -0.15) is 13.2 Å². The summed E-state index contributed by atoms with van der Waals surface area (Å²) >= 11 is 0. The van der Waals surface area contributed by atoms with Crippen molar-refractivity contribution in [3.8, 4) is 5.75 Å². The Bertz CT molecular complexity index is 557. The van der Waals surface area contributed by atoms with Gasteiger partial charge in [0.1, 0.15) is 11.9 Å². The van der Waals surface area contributed by atoms with E-state index in [0.29, 0.717) is 0 Å². The minimum Gasteiger partial charge on any atom is -0.490 e. The van der Waals surface area contributed by atoms with Crippen LogP contribution in [0.4, 0.5) is 13.2 Å². The van der Waals surface area contributed by atoms with Crippen LogP contribution in [0.25, 0.3) is 0 Å². The molecule has 1 aliphatic carbocycles. The average molecular weight is 299 g/mol. The molecule has 1 aromatic rings. The monoisotopic (exact) mass is 299 g/mol. The van der Waals surface area contributed by atoms with Crippen LogP contribution in [0.1, 0.15) is 24.0 Å². The number of halogens is 3. The normalized spacial score (nSPS) is 20.9. The number of carbonyl (C=O) groups is 1. The Morgan fingerprint density at radius 2 is 2.00 bits per heavy atom. The van der Waals surface area contributed by atoms with Crippen molar-refractivity contribution in [1.29, 1.82) is 0 Å². The Labute approximate surface area is 120 Å². The Balaban J connectivity index is 1.61. The highest BCUT2D eigenvalue weighted by Gasteiger charge is 2.53. The molecule has 0 unspecified atom stereocenters. The maximum Gasteiger partial charge on any atom is 0.416 e. The SMILES string of the molecule is Cc1ccc(OC2CC3(C2)CN(C=O)C3)cc1C(F)(F)F. The first-order valence-electron chi connectivity index (χ1n) is 6.85. The van der Waals surface area contributed by atoms with Crippen molar-refractivity contribution in [2.45, 2.75) is 32.0 Å². The standard InChI is InChI=1S/C15H16F3NO2/c1-10-2-3-11(4-13(10)15(16,17)18)21-12-5-14(6-12)7-19(8-14)9-20/h2-4,9,12H,5-8H2,1H3. The minimum atomic E-state index is -4.36. The number of hydrogen-bond donors (Lipinski definition) is 0. The lowest BCUT2D eigenvalue weighted by atomic mass is 9.62. The Morgan fingerprint density at radius 1 is 1.33 bits per heavy atom. The molecule has 3 rings (SSSR count). The van der Waals surface area contributed by atoms with Crippen LogP contribution in [0.15, 0.2) is 18.2 Å². The van der Waals surface area contributed by atoms with Gasteiger partial charge >= 0.3 is 6.18 Å². The average Bonchev–Trinajstić information content (AvgIpc) is 2.31.